The summed E-state index contributed by atoms with van der Waals surface area (Å²) in [4.78, 5) is 15.1. The number of hydrogen-bond donors (Lipinski definition) is 0. The Bertz CT molecular complexity index is 1020. The van der Waals surface area contributed by atoms with Crippen molar-refractivity contribution >= 4 is 27.4 Å². The Morgan fingerprint density at radius 2 is 2.00 bits per heavy atom. The van der Waals surface area contributed by atoms with Crippen LogP contribution in [0.3, 0.4) is 0 Å². The standard InChI is InChI=1S/C20H28N4O4S2/c1-14-10-17(15(2)24(14)16-6-9-30(26,27)13-16)18(25)12-29-20-22-21-19(28-20)11-23-7-4-3-5-8-23/h10,16H,3-9,11-13H2,1-2H3. The fourth-order valence-corrected chi connectivity index (χ4v) is 6.84. The highest BCUT2D eigenvalue weighted by Gasteiger charge is 2.31. The summed E-state index contributed by atoms with van der Waals surface area (Å²) >= 11 is 1.25. The molecule has 4 rings (SSSR count). The van der Waals surface area contributed by atoms with Crippen LogP contribution in [0, 0.1) is 13.8 Å². The highest BCUT2D eigenvalue weighted by Crippen LogP contribution is 2.30. The fraction of sp³-hybridized carbons (Fsp3) is 0.650. The van der Waals surface area contributed by atoms with E-state index in [1.807, 2.05) is 24.5 Å². The maximum Gasteiger partial charge on any atom is 0.277 e. The van der Waals surface area contributed by atoms with E-state index in [4.69, 9.17) is 4.42 Å². The van der Waals surface area contributed by atoms with Crippen molar-refractivity contribution in [2.24, 2.45) is 0 Å². The summed E-state index contributed by atoms with van der Waals surface area (Å²) in [5.41, 5.74) is 2.39. The average Bonchev–Trinajstić information content (AvgIpc) is 3.38. The van der Waals surface area contributed by atoms with E-state index >= 15 is 0 Å². The summed E-state index contributed by atoms with van der Waals surface area (Å²) in [7, 11) is -2.98. The van der Waals surface area contributed by atoms with Crippen molar-refractivity contribution in [3.63, 3.8) is 0 Å². The number of nitrogens with zero attached hydrogens (tertiary/aromatic N) is 4. The molecule has 2 aromatic heterocycles. The van der Waals surface area contributed by atoms with Gasteiger partial charge in [-0.2, -0.15) is 0 Å². The lowest BCUT2D eigenvalue weighted by molar-refractivity contribution is 0.102. The van der Waals surface area contributed by atoms with Crippen LogP contribution in [0.25, 0.3) is 0 Å². The molecule has 4 heterocycles. The van der Waals surface area contributed by atoms with Gasteiger partial charge in [-0.15, -0.1) is 10.2 Å². The number of rotatable bonds is 7. The molecule has 164 valence electrons. The van der Waals surface area contributed by atoms with Crippen molar-refractivity contribution in [1.82, 2.24) is 19.7 Å². The molecule has 1 unspecified atom stereocenters. The largest absolute Gasteiger partial charge is 0.415 e. The number of piperidine rings is 1. The molecule has 8 nitrogen and oxygen atoms in total. The number of carbonyl (C=O) groups excluding carboxylic acids is 1. The van der Waals surface area contributed by atoms with Crippen molar-refractivity contribution in [2.45, 2.75) is 57.3 Å². The van der Waals surface area contributed by atoms with Gasteiger partial charge in [0.15, 0.2) is 15.6 Å². The molecule has 0 bridgehead atoms. The molecular weight excluding hydrogens is 424 g/mol. The first-order chi connectivity index (χ1) is 14.3. The van der Waals surface area contributed by atoms with Crippen LogP contribution in [0.1, 0.15) is 59.4 Å². The Kier molecular flexibility index (Phi) is 6.36. The molecule has 1 atom stereocenters. The zero-order valence-corrected chi connectivity index (χ0v) is 19.1. The lowest BCUT2D eigenvalue weighted by Crippen LogP contribution is -2.29. The van der Waals surface area contributed by atoms with E-state index in [-0.39, 0.29) is 29.1 Å². The first kappa shape index (κ1) is 21.6. The summed E-state index contributed by atoms with van der Waals surface area (Å²) in [6.45, 7) is 6.58. The quantitative estimate of drug-likeness (QED) is 0.467. The fourth-order valence-electron chi connectivity index (χ4n) is 4.47. The van der Waals surface area contributed by atoms with E-state index in [1.54, 1.807) is 0 Å². The van der Waals surface area contributed by atoms with Gasteiger partial charge in [0, 0.05) is 23.0 Å². The zero-order chi connectivity index (χ0) is 21.3. The predicted octanol–water partition coefficient (Wildman–Crippen LogP) is 2.81. The highest BCUT2D eigenvalue weighted by atomic mass is 32.2. The van der Waals surface area contributed by atoms with Crippen LogP contribution in [0.2, 0.25) is 0 Å². The molecule has 0 saturated carbocycles. The van der Waals surface area contributed by atoms with E-state index in [0.717, 1.165) is 24.5 Å². The number of ketones is 1. The Morgan fingerprint density at radius 1 is 1.23 bits per heavy atom. The molecule has 2 saturated heterocycles. The van der Waals surface area contributed by atoms with Crippen LogP contribution in [0.15, 0.2) is 15.7 Å². The molecule has 0 aromatic carbocycles. The number of hydrogen-bond acceptors (Lipinski definition) is 8. The third-order valence-electron chi connectivity index (χ3n) is 5.94. The summed E-state index contributed by atoms with van der Waals surface area (Å²) in [5, 5.41) is 8.59. The highest BCUT2D eigenvalue weighted by molar-refractivity contribution is 7.99. The Labute approximate surface area is 181 Å². The van der Waals surface area contributed by atoms with Gasteiger partial charge in [0.05, 0.1) is 23.8 Å². The van der Waals surface area contributed by atoms with E-state index in [2.05, 4.69) is 15.1 Å². The van der Waals surface area contributed by atoms with Crippen LogP contribution >= 0.6 is 11.8 Å². The third-order valence-corrected chi connectivity index (χ3v) is 8.51. The lowest BCUT2D eigenvalue weighted by Gasteiger charge is -2.24. The van der Waals surface area contributed by atoms with E-state index in [9.17, 15) is 13.2 Å². The van der Waals surface area contributed by atoms with Gasteiger partial charge in [0.2, 0.25) is 5.89 Å². The molecule has 2 aliphatic rings. The monoisotopic (exact) mass is 452 g/mol. The minimum absolute atomic E-state index is 0.0176. The second kappa shape index (κ2) is 8.84. The minimum Gasteiger partial charge on any atom is -0.415 e. The van der Waals surface area contributed by atoms with E-state index < -0.39 is 9.84 Å². The van der Waals surface area contributed by atoms with Crippen molar-refractivity contribution in [1.29, 1.82) is 0 Å². The van der Waals surface area contributed by atoms with Crippen LogP contribution in [0.4, 0.5) is 0 Å². The van der Waals surface area contributed by atoms with Crippen LogP contribution in [0.5, 0.6) is 0 Å². The molecule has 2 aromatic rings. The molecule has 2 aliphatic heterocycles. The second-order valence-electron chi connectivity index (χ2n) is 8.22. The van der Waals surface area contributed by atoms with E-state index in [1.165, 1.54) is 31.0 Å². The van der Waals surface area contributed by atoms with Gasteiger partial charge in [-0.25, -0.2) is 8.42 Å². The Morgan fingerprint density at radius 3 is 2.70 bits per heavy atom. The number of carbonyl (C=O) groups is 1. The van der Waals surface area contributed by atoms with Crippen LogP contribution in [-0.4, -0.2) is 64.2 Å². The molecule has 30 heavy (non-hydrogen) atoms. The normalized spacial score (nSPS) is 21.9. The first-order valence-electron chi connectivity index (χ1n) is 10.4. The number of aromatic nitrogens is 3. The smallest absolute Gasteiger partial charge is 0.277 e. The Balaban J connectivity index is 1.37. The van der Waals surface area contributed by atoms with Crippen LogP contribution < -0.4 is 0 Å². The van der Waals surface area contributed by atoms with Gasteiger partial charge >= 0.3 is 0 Å². The van der Waals surface area contributed by atoms with Gasteiger partial charge in [0.1, 0.15) is 0 Å². The number of sulfone groups is 1. The number of likely N-dealkylation sites (tertiary alicyclic amines) is 1. The number of thioether (sulfide) groups is 1. The number of Topliss-reactive ketones (excluding diaryl/α,β-unsaturated/α-hetero) is 1. The van der Waals surface area contributed by atoms with Crippen molar-refractivity contribution < 1.29 is 17.6 Å². The van der Waals surface area contributed by atoms with Crippen molar-refractivity contribution in [3.05, 3.63) is 28.9 Å². The topological polar surface area (TPSA) is 98.3 Å². The van der Waals surface area contributed by atoms with Gasteiger partial charge < -0.3 is 8.98 Å². The molecule has 0 aliphatic carbocycles. The van der Waals surface area contributed by atoms with Crippen molar-refractivity contribution in [2.75, 3.05) is 30.3 Å². The summed E-state index contributed by atoms with van der Waals surface area (Å²) < 4.78 is 31.4. The van der Waals surface area contributed by atoms with Gasteiger partial charge in [-0.1, -0.05) is 18.2 Å². The summed E-state index contributed by atoms with van der Waals surface area (Å²) in [6, 6.07) is 1.77. The van der Waals surface area contributed by atoms with Gasteiger partial charge in [-0.3, -0.25) is 9.69 Å². The SMILES string of the molecule is Cc1cc(C(=O)CSc2nnc(CN3CCCCC3)o2)c(C)n1C1CCS(=O)(=O)C1. The van der Waals surface area contributed by atoms with Crippen molar-refractivity contribution in [3.8, 4) is 0 Å². The van der Waals surface area contributed by atoms with Gasteiger partial charge in [-0.05, 0) is 52.3 Å². The summed E-state index contributed by atoms with van der Waals surface area (Å²) in [5.74, 6) is 1.14. The molecule has 10 heteroatoms. The molecule has 0 amide bonds. The maximum absolute atomic E-state index is 12.8. The van der Waals surface area contributed by atoms with E-state index in [0.29, 0.717) is 29.6 Å². The zero-order valence-electron chi connectivity index (χ0n) is 17.5. The lowest BCUT2D eigenvalue weighted by atomic mass is 10.1. The summed E-state index contributed by atoms with van der Waals surface area (Å²) in [6.07, 6.45) is 4.29. The predicted molar refractivity (Wildman–Crippen MR) is 115 cm³/mol. The molecule has 2 fully saturated rings. The number of aryl methyl sites for hydroxylation is 1. The minimum atomic E-state index is -2.98. The third kappa shape index (κ3) is 4.81. The second-order valence-corrected chi connectivity index (χ2v) is 11.4. The first-order valence-corrected chi connectivity index (χ1v) is 13.2. The molecular formula is C20H28N4O4S2. The Hall–Kier alpha value is -1.65. The average molecular weight is 453 g/mol. The molecule has 0 radical (unpaired) electrons. The molecule has 0 N–H and O–H groups in total. The molecule has 0 spiro atoms. The van der Waals surface area contributed by atoms with Crippen LogP contribution in [-0.2, 0) is 16.4 Å². The van der Waals surface area contributed by atoms with Gasteiger partial charge in [0.25, 0.3) is 5.22 Å². The maximum atomic E-state index is 12.8.